The van der Waals surface area contributed by atoms with Gasteiger partial charge in [-0.25, -0.2) is 0 Å². The average molecular weight is 268 g/mol. The topological polar surface area (TPSA) is 72.8 Å². The zero-order valence-electron chi connectivity index (χ0n) is 11.3. The number of aliphatic hydroxyl groups excluding tert-OH is 1. The van der Waals surface area contributed by atoms with Crippen molar-refractivity contribution in [3.05, 3.63) is 0 Å². The van der Waals surface area contributed by atoms with Crippen molar-refractivity contribution < 1.29 is 22.4 Å². The minimum atomic E-state index is -3.45. The standard InChI is InChI=1S/C11H24O5S/c1-10(2,6-8-12)15-9-7-11(3,4)16-17(5,13)14/h12H,6-9H2,1-5H3. The molecule has 1 N–H and O–H groups in total. The van der Waals surface area contributed by atoms with Crippen LogP contribution in [0.1, 0.15) is 40.5 Å². The van der Waals surface area contributed by atoms with Gasteiger partial charge in [0, 0.05) is 13.0 Å². The van der Waals surface area contributed by atoms with Gasteiger partial charge in [-0.3, -0.25) is 4.18 Å². The SMILES string of the molecule is CC(C)(CCO)OCCC(C)(C)OS(C)(=O)=O. The van der Waals surface area contributed by atoms with E-state index in [1.165, 1.54) is 0 Å². The van der Waals surface area contributed by atoms with E-state index >= 15 is 0 Å². The highest BCUT2D eigenvalue weighted by Gasteiger charge is 2.25. The lowest BCUT2D eigenvalue weighted by Gasteiger charge is -2.28. The summed E-state index contributed by atoms with van der Waals surface area (Å²) in [6, 6.07) is 0. The second kappa shape index (κ2) is 6.13. The van der Waals surface area contributed by atoms with Crippen molar-refractivity contribution in [1.82, 2.24) is 0 Å². The summed E-state index contributed by atoms with van der Waals surface area (Å²) in [4.78, 5) is 0. The molecule has 0 saturated heterocycles. The monoisotopic (exact) mass is 268 g/mol. The summed E-state index contributed by atoms with van der Waals surface area (Å²) >= 11 is 0. The van der Waals surface area contributed by atoms with Crippen molar-refractivity contribution in [2.45, 2.75) is 51.7 Å². The lowest BCUT2D eigenvalue weighted by atomic mass is 10.0. The van der Waals surface area contributed by atoms with E-state index in [1.54, 1.807) is 13.8 Å². The zero-order valence-corrected chi connectivity index (χ0v) is 12.1. The molecule has 6 heteroatoms. The van der Waals surface area contributed by atoms with E-state index in [0.29, 0.717) is 19.4 Å². The summed E-state index contributed by atoms with van der Waals surface area (Å²) in [6.45, 7) is 7.62. The van der Waals surface area contributed by atoms with Crippen molar-refractivity contribution in [3.8, 4) is 0 Å². The molecule has 0 spiro atoms. The lowest BCUT2D eigenvalue weighted by molar-refractivity contribution is -0.0506. The van der Waals surface area contributed by atoms with Gasteiger partial charge in [-0.1, -0.05) is 0 Å². The first-order valence-electron chi connectivity index (χ1n) is 5.63. The van der Waals surface area contributed by atoms with E-state index in [4.69, 9.17) is 14.0 Å². The third-order valence-corrected chi connectivity index (χ3v) is 3.04. The predicted molar refractivity (Wildman–Crippen MR) is 66.4 cm³/mol. The highest BCUT2D eigenvalue weighted by Crippen LogP contribution is 2.20. The number of aliphatic hydroxyl groups is 1. The fourth-order valence-electron chi connectivity index (χ4n) is 1.37. The van der Waals surface area contributed by atoms with Gasteiger partial charge in [0.2, 0.25) is 0 Å². The van der Waals surface area contributed by atoms with Crippen LogP contribution in [0.3, 0.4) is 0 Å². The Morgan fingerprint density at radius 3 is 2.00 bits per heavy atom. The van der Waals surface area contributed by atoms with Crippen molar-refractivity contribution in [2.24, 2.45) is 0 Å². The first-order valence-corrected chi connectivity index (χ1v) is 7.45. The predicted octanol–water partition coefficient (Wildman–Crippen LogP) is 1.31. The van der Waals surface area contributed by atoms with Crippen LogP contribution in [0.25, 0.3) is 0 Å². The maximum absolute atomic E-state index is 11.0. The highest BCUT2D eigenvalue weighted by atomic mass is 32.2. The van der Waals surface area contributed by atoms with Crippen molar-refractivity contribution in [2.75, 3.05) is 19.5 Å². The third kappa shape index (κ3) is 9.52. The molecule has 0 bridgehead atoms. The molecular formula is C11H24O5S. The number of hydrogen-bond acceptors (Lipinski definition) is 5. The number of rotatable bonds is 8. The molecule has 0 saturated carbocycles. The molecule has 0 aliphatic heterocycles. The molecule has 17 heavy (non-hydrogen) atoms. The third-order valence-electron chi connectivity index (χ3n) is 2.29. The summed E-state index contributed by atoms with van der Waals surface area (Å²) in [5.74, 6) is 0. The second-order valence-electron chi connectivity index (χ2n) is 5.38. The van der Waals surface area contributed by atoms with E-state index in [9.17, 15) is 8.42 Å². The van der Waals surface area contributed by atoms with E-state index in [-0.39, 0.29) is 6.61 Å². The van der Waals surface area contributed by atoms with Crippen LogP contribution in [0.5, 0.6) is 0 Å². The summed E-state index contributed by atoms with van der Waals surface area (Å²) in [7, 11) is -3.45. The molecule has 0 fully saturated rings. The smallest absolute Gasteiger partial charge is 0.264 e. The van der Waals surface area contributed by atoms with E-state index in [1.807, 2.05) is 13.8 Å². The van der Waals surface area contributed by atoms with Gasteiger partial charge >= 0.3 is 0 Å². The fourth-order valence-corrected chi connectivity index (χ4v) is 2.27. The van der Waals surface area contributed by atoms with Crippen molar-refractivity contribution >= 4 is 10.1 Å². The van der Waals surface area contributed by atoms with Crippen LogP contribution in [-0.2, 0) is 19.0 Å². The van der Waals surface area contributed by atoms with Crippen LogP contribution in [0.4, 0.5) is 0 Å². The summed E-state index contributed by atoms with van der Waals surface area (Å²) < 4.78 is 32.6. The quantitative estimate of drug-likeness (QED) is 0.672. The Labute approximate surface area is 104 Å². The van der Waals surface area contributed by atoms with Gasteiger partial charge in [-0.2, -0.15) is 8.42 Å². The Morgan fingerprint density at radius 2 is 1.59 bits per heavy atom. The molecule has 0 radical (unpaired) electrons. The fraction of sp³-hybridized carbons (Fsp3) is 1.00. The molecule has 0 aliphatic rings. The maximum atomic E-state index is 11.0. The summed E-state index contributed by atoms with van der Waals surface area (Å²) in [5.41, 5.74) is -1.18. The lowest BCUT2D eigenvalue weighted by Crippen LogP contribution is -2.32. The molecule has 0 atom stereocenters. The van der Waals surface area contributed by atoms with Crippen LogP contribution >= 0.6 is 0 Å². The molecule has 0 unspecified atom stereocenters. The molecule has 0 amide bonds. The second-order valence-corrected chi connectivity index (χ2v) is 6.95. The van der Waals surface area contributed by atoms with Crippen LogP contribution in [0.2, 0.25) is 0 Å². The first kappa shape index (κ1) is 16.8. The van der Waals surface area contributed by atoms with Crippen LogP contribution in [0.15, 0.2) is 0 Å². The first-order chi connectivity index (χ1) is 7.47. The summed E-state index contributed by atoms with van der Waals surface area (Å²) in [5, 5.41) is 8.83. The Balaban J connectivity index is 4.11. The Bertz CT molecular complexity index is 319. The molecule has 0 aliphatic carbocycles. The minimum Gasteiger partial charge on any atom is -0.396 e. The van der Waals surface area contributed by atoms with Crippen molar-refractivity contribution in [3.63, 3.8) is 0 Å². The van der Waals surface area contributed by atoms with Gasteiger partial charge < -0.3 is 9.84 Å². The van der Waals surface area contributed by atoms with Crippen LogP contribution < -0.4 is 0 Å². The van der Waals surface area contributed by atoms with Gasteiger partial charge in [-0.15, -0.1) is 0 Å². The molecule has 0 aromatic heterocycles. The van der Waals surface area contributed by atoms with Gasteiger partial charge in [0.25, 0.3) is 10.1 Å². The molecule has 0 rings (SSSR count). The maximum Gasteiger partial charge on any atom is 0.264 e. The molecule has 5 nitrogen and oxygen atoms in total. The van der Waals surface area contributed by atoms with Crippen molar-refractivity contribution in [1.29, 1.82) is 0 Å². The molecule has 0 heterocycles. The number of ether oxygens (including phenoxy) is 1. The Morgan fingerprint density at radius 1 is 1.06 bits per heavy atom. The summed E-state index contributed by atoms with van der Waals surface area (Å²) in [6.07, 6.45) is 2.04. The minimum absolute atomic E-state index is 0.0657. The van der Waals surface area contributed by atoms with E-state index in [2.05, 4.69) is 0 Å². The van der Waals surface area contributed by atoms with Gasteiger partial charge in [0.1, 0.15) is 0 Å². The Hall–Kier alpha value is -0.170. The average Bonchev–Trinajstić information content (AvgIpc) is 1.96. The molecule has 0 aromatic carbocycles. The molecule has 0 aromatic rings. The molecular weight excluding hydrogens is 244 g/mol. The largest absolute Gasteiger partial charge is 0.396 e. The van der Waals surface area contributed by atoms with Crippen LogP contribution in [0, 0.1) is 0 Å². The zero-order chi connectivity index (χ0) is 13.7. The normalized spacial score (nSPS) is 14.0. The van der Waals surface area contributed by atoms with E-state index in [0.717, 1.165) is 6.26 Å². The highest BCUT2D eigenvalue weighted by molar-refractivity contribution is 7.86. The van der Waals surface area contributed by atoms with Crippen LogP contribution in [-0.4, -0.2) is 44.2 Å². The molecule has 104 valence electrons. The van der Waals surface area contributed by atoms with Gasteiger partial charge in [-0.05, 0) is 34.1 Å². The Kier molecular flexibility index (Phi) is 6.07. The van der Waals surface area contributed by atoms with Gasteiger partial charge in [0.15, 0.2) is 0 Å². The number of hydrogen-bond donors (Lipinski definition) is 1. The van der Waals surface area contributed by atoms with E-state index < -0.39 is 21.3 Å². The van der Waals surface area contributed by atoms with Gasteiger partial charge in [0.05, 0.1) is 24.1 Å².